The molecule has 3 amide bonds. The third-order valence-corrected chi connectivity index (χ3v) is 8.70. The first-order valence-corrected chi connectivity index (χ1v) is 14.9. The molecule has 8 heteroatoms. The highest BCUT2D eigenvalue weighted by Crippen LogP contribution is 2.59. The summed E-state index contributed by atoms with van der Waals surface area (Å²) in [5.41, 5.74) is -0.00208. The van der Waals surface area contributed by atoms with Crippen LogP contribution < -0.4 is 0 Å². The van der Waals surface area contributed by atoms with Gasteiger partial charge in [-0.25, -0.2) is 0 Å². The largest absolute Gasteiger partial charge is 0.396 e. The molecule has 218 valence electrons. The van der Waals surface area contributed by atoms with Gasteiger partial charge in [-0.2, -0.15) is 0 Å². The van der Waals surface area contributed by atoms with Gasteiger partial charge in [-0.1, -0.05) is 55.8 Å². The molecule has 3 saturated heterocycles. The van der Waals surface area contributed by atoms with Crippen LogP contribution in [0.4, 0.5) is 0 Å². The van der Waals surface area contributed by atoms with Crippen molar-refractivity contribution in [3.8, 4) is 0 Å². The van der Waals surface area contributed by atoms with E-state index >= 15 is 0 Å². The number of aliphatic hydroxyl groups excluding tert-OH is 1. The number of hydrogen-bond acceptors (Lipinski definition) is 5. The van der Waals surface area contributed by atoms with Crippen LogP contribution in [0.15, 0.2) is 55.6 Å². The first-order valence-electron chi connectivity index (χ1n) is 14.9. The summed E-state index contributed by atoms with van der Waals surface area (Å²) in [7, 11) is 0. The molecule has 1 aromatic rings. The minimum Gasteiger partial charge on any atom is -0.396 e. The fraction of sp³-hybridized carbons (Fsp3) is 0.594. The Kier molecular flexibility index (Phi) is 10.2. The van der Waals surface area contributed by atoms with Gasteiger partial charge in [0.05, 0.1) is 17.9 Å². The lowest BCUT2D eigenvalue weighted by atomic mass is 9.70. The summed E-state index contributed by atoms with van der Waals surface area (Å²) < 4.78 is 6.64. The van der Waals surface area contributed by atoms with Gasteiger partial charge in [0.2, 0.25) is 17.7 Å². The van der Waals surface area contributed by atoms with Crippen molar-refractivity contribution in [2.24, 2.45) is 11.8 Å². The van der Waals surface area contributed by atoms with Crippen LogP contribution in [-0.2, 0) is 25.7 Å². The van der Waals surface area contributed by atoms with Crippen molar-refractivity contribution >= 4 is 17.7 Å². The standard InChI is InChI=1S/C32H45N3O5/c1-4-7-20-33(18-5-2)31(39)28-32-17-16-25(40-32)26(27(32)30(38)35(28)21-12-9-13-22-36)29(37)34(19-6-3)23-24-14-10-8-11-15-24/h5-6,8,10-11,14-15,25-28,36H,2-4,7,9,12-13,16-23H2,1H3/t25-,26+,27+,28?,32?/m1/s1. The van der Waals surface area contributed by atoms with E-state index in [9.17, 15) is 19.5 Å². The number of amides is 3. The van der Waals surface area contributed by atoms with Gasteiger partial charge >= 0.3 is 0 Å². The molecule has 8 nitrogen and oxygen atoms in total. The Labute approximate surface area is 238 Å². The quantitative estimate of drug-likeness (QED) is 0.251. The molecule has 0 saturated carbocycles. The molecule has 0 aliphatic carbocycles. The van der Waals surface area contributed by atoms with Crippen LogP contribution >= 0.6 is 0 Å². The number of unbranched alkanes of at least 4 members (excludes halogenated alkanes) is 3. The van der Waals surface area contributed by atoms with E-state index < -0.39 is 23.5 Å². The predicted octanol–water partition coefficient (Wildman–Crippen LogP) is 3.55. The molecule has 0 aromatic heterocycles. The number of carbonyl (C=O) groups excluding carboxylic acids is 3. The summed E-state index contributed by atoms with van der Waals surface area (Å²) in [5, 5.41) is 9.26. The van der Waals surface area contributed by atoms with E-state index in [0.29, 0.717) is 58.4 Å². The summed E-state index contributed by atoms with van der Waals surface area (Å²) in [5.74, 6) is -1.71. The molecule has 1 N–H and O–H groups in total. The molecule has 4 rings (SSSR count). The van der Waals surface area contributed by atoms with Crippen LogP contribution in [0.3, 0.4) is 0 Å². The van der Waals surface area contributed by atoms with Crippen LogP contribution in [-0.4, -0.2) is 88.1 Å². The lowest BCUT2D eigenvalue weighted by Gasteiger charge is -2.37. The topological polar surface area (TPSA) is 90.4 Å². The average molecular weight is 552 g/mol. The number of rotatable bonds is 16. The van der Waals surface area contributed by atoms with Gasteiger partial charge in [0, 0.05) is 39.3 Å². The third kappa shape index (κ3) is 5.75. The monoisotopic (exact) mass is 551 g/mol. The van der Waals surface area contributed by atoms with Crippen molar-refractivity contribution in [1.29, 1.82) is 0 Å². The number of ether oxygens (including phenoxy) is 1. The zero-order valence-corrected chi connectivity index (χ0v) is 23.9. The number of aliphatic hydroxyl groups is 1. The van der Waals surface area contributed by atoms with E-state index in [2.05, 4.69) is 20.1 Å². The molecule has 3 fully saturated rings. The van der Waals surface area contributed by atoms with Crippen LogP contribution in [0.1, 0.15) is 57.4 Å². The molecule has 3 heterocycles. The Balaban J connectivity index is 1.66. The van der Waals surface area contributed by atoms with Gasteiger partial charge in [0.15, 0.2) is 0 Å². The van der Waals surface area contributed by atoms with Crippen molar-refractivity contribution in [2.75, 3.05) is 32.8 Å². The fourth-order valence-corrected chi connectivity index (χ4v) is 6.90. The molecule has 2 unspecified atom stereocenters. The molecule has 3 aliphatic heterocycles. The van der Waals surface area contributed by atoms with Crippen molar-refractivity contribution in [3.63, 3.8) is 0 Å². The van der Waals surface area contributed by atoms with Gasteiger partial charge in [-0.3, -0.25) is 14.4 Å². The average Bonchev–Trinajstić information content (AvgIpc) is 3.60. The predicted molar refractivity (Wildman–Crippen MR) is 154 cm³/mol. The summed E-state index contributed by atoms with van der Waals surface area (Å²) >= 11 is 0. The summed E-state index contributed by atoms with van der Waals surface area (Å²) in [6, 6.07) is 9.03. The van der Waals surface area contributed by atoms with Crippen molar-refractivity contribution in [1.82, 2.24) is 14.7 Å². The molecule has 40 heavy (non-hydrogen) atoms. The van der Waals surface area contributed by atoms with Crippen LogP contribution in [0, 0.1) is 11.8 Å². The molecule has 0 radical (unpaired) electrons. The number of benzene rings is 1. The van der Waals surface area contributed by atoms with Crippen LogP contribution in [0.2, 0.25) is 0 Å². The number of likely N-dealkylation sites (tertiary alicyclic amines) is 1. The van der Waals surface area contributed by atoms with Gasteiger partial charge in [-0.15, -0.1) is 13.2 Å². The van der Waals surface area contributed by atoms with E-state index in [1.807, 2.05) is 30.3 Å². The maximum Gasteiger partial charge on any atom is 0.248 e. The number of nitrogens with zero attached hydrogens (tertiary/aromatic N) is 3. The second-order valence-electron chi connectivity index (χ2n) is 11.3. The maximum absolute atomic E-state index is 14.2. The summed E-state index contributed by atoms with van der Waals surface area (Å²) in [6.07, 6.45) is 8.14. The third-order valence-electron chi connectivity index (χ3n) is 8.70. The van der Waals surface area contributed by atoms with Crippen molar-refractivity contribution in [3.05, 3.63) is 61.2 Å². The Morgan fingerprint density at radius 3 is 2.48 bits per heavy atom. The molecule has 1 spiro atoms. The van der Waals surface area contributed by atoms with Crippen LogP contribution in [0.5, 0.6) is 0 Å². The highest BCUT2D eigenvalue weighted by atomic mass is 16.5. The Hall–Kier alpha value is -2.97. The normalized spacial score (nSPS) is 26.6. The number of hydrogen-bond donors (Lipinski definition) is 1. The smallest absolute Gasteiger partial charge is 0.248 e. The minimum absolute atomic E-state index is 0.0922. The number of fused-ring (bicyclic) bond motifs is 1. The first-order chi connectivity index (χ1) is 19.4. The second kappa shape index (κ2) is 13.6. The van der Waals surface area contributed by atoms with Gasteiger partial charge in [0.1, 0.15) is 11.6 Å². The van der Waals surface area contributed by atoms with E-state index in [1.165, 1.54) is 0 Å². The molecule has 2 bridgehead atoms. The van der Waals surface area contributed by atoms with E-state index in [1.54, 1.807) is 26.9 Å². The lowest BCUT2D eigenvalue weighted by molar-refractivity contribution is -0.149. The first kappa shape index (κ1) is 30.0. The fourth-order valence-electron chi connectivity index (χ4n) is 6.90. The van der Waals surface area contributed by atoms with E-state index in [-0.39, 0.29) is 30.4 Å². The highest BCUT2D eigenvalue weighted by molar-refractivity contribution is 5.99. The van der Waals surface area contributed by atoms with E-state index in [4.69, 9.17) is 4.74 Å². The summed E-state index contributed by atoms with van der Waals surface area (Å²) in [4.78, 5) is 47.8. The molecular weight excluding hydrogens is 506 g/mol. The van der Waals surface area contributed by atoms with Gasteiger partial charge < -0.3 is 24.5 Å². The lowest BCUT2D eigenvalue weighted by Crippen LogP contribution is -2.56. The Morgan fingerprint density at radius 2 is 1.80 bits per heavy atom. The van der Waals surface area contributed by atoms with Crippen molar-refractivity contribution < 1.29 is 24.2 Å². The Morgan fingerprint density at radius 1 is 1.07 bits per heavy atom. The maximum atomic E-state index is 14.2. The zero-order valence-electron chi connectivity index (χ0n) is 23.9. The second-order valence-corrected chi connectivity index (χ2v) is 11.3. The number of carbonyl (C=O) groups is 3. The molecular formula is C32H45N3O5. The molecule has 1 aromatic carbocycles. The highest BCUT2D eigenvalue weighted by Gasteiger charge is 2.74. The van der Waals surface area contributed by atoms with Gasteiger partial charge in [0.25, 0.3) is 0 Å². The van der Waals surface area contributed by atoms with Crippen LogP contribution in [0.25, 0.3) is 0 Å². The summed E-state index contributed by atoms with van der Waals surface area (Å²) in [6.45, 7) is 12.1. The molecule has 3 aliphatic rings. The molecule has 5 atom stereocenters. The Bertz CT molecular complexity index is 1060. The zero-order chi connectivity index (χ0) is 28.7. The SMILES string of the molecule is C=CCN(CCCC)C(=O)C1N(CCCCCO)C(=O)[C@@H]2[C@@H](C(=O)N(CC=C)Cc3ccccc3)[C@H]3CCC12O3. The van der Waals surface area contributed by atoms with Crippen molar-refractivity contribution in [2.45, 2.75) is 76.2 Å². The van der Waals surface area contributed by atoms with Gasteiger partial charge in [-0.05, 0) is 44.1 Å². The minimum atomic E-state index is -1.01. The van der Waals surface area contributed by atoms with E-state index in [0.717, 1.165) is 24.8 Å².